The highest BCUT2D eigenvalue weighted by Gasteiger charge is 2.40. The van der Waals surface area contributed by atoms with E-state index in [4.69, 9.17) is 15.6 Å². The SMILES string of the molecule is Nc1nc2c(c(=O)[nH]1)NCN2[C@H]1CC(O)[C@@H](CO)O1. The summed E-state index contributed by atoms with van der Waals surface area (Å²) in [5.41, 5.74) is 5.51. The van der Waals surface area contributed by atoms with E-state index in [-0.39, 0.29) is 18.1 Å². The van der Waals surface area contributed by atoms with Gasteiger partial charge in [-0.3, -0.25) is 9.78 Å². The monoisotopic (exact) mass is 269 g/mol. The maximum Gasteiger partial charge on any atom is 0.277 e. The van der Waals surface area contributed by atoms with Crippen molar-refractivity contribution in [3.63, 3.8) is 0 Å². The number of aromatic nitrogens is 2. The van der Waals surface area contributed by atoms with Gasteiger partial charge in [-0.05, 0) is 0 Å². The van der Waals surface area contributed by atoms with Crippen LogP contribution in [-0.4, -0.2) is 51.9 Å². The van der Waals surface area contributed by atoms with Crippen molar-refractivity contribution < 1.29 is 14.9 Å². The van der Waals surface area contributed by atoms with Gasteiger partial charge in [0, 0.05) is 6.42 Å². The lowest BCUT2D eigenvalue weighted by Gasteiger charge is -2.24. The highest BCUT2D eigenvalue weighted by molar-refractivity contribution is 5.71. The van der Waals surface area contributed by atoms with Crippen molar-refractivity contribution in [1.82, 2.24) is 9.97 Å². The summed E-state index contributed by atoms with van der Waals surface area (Å²) in [6.45, 7) is 0.0845. The molecule has 3 rings (SSSR count). The van der Waals surface area contributed by atoms with Gasteiger partial charge in [0.25, 0.3) is 5.56 Å². The first kappa shape index (κ1) is 12.2. The van der Waals surface area contributed by atoms with E-state index in [1.165, 1.54) is 0 Å². The van der Waals surface area contributed by atoms with Crippen LogP contribution in [0.25, 0.3) is 0 Å². The molecule has 0 aliphatic carbocycles. The standard InChI is InChI=1S/C10H15N5O4/c11-10-13-8-7(9(18)14-10)12-3-15(8)6-1-4(17)5(2-16)19-6/h4-6,12,16-17H,1-3H2,(H3,11,13,14,18)/t4?,5-,6-/m1/s1. The zero-order valence-corrected chi connectivity index (χ0v) is 10.0. The number of ether oxygens (including phenoxy) is 1. The maximum atomic E-state index is 11.7. The van der Waals surface area contributed by atoms with Crippen LogP contribution in [0.1, 0.15) is 6.42 Å². The summed E-state index contributed by atoms with van der Waals surface area (Å²) in [4.78, 5) is 19.9. The summed E-state index contributed by atoms with van der Waals surface area (Å²) in [7, 11) is 0. The highest BCUT2D eigenvalue weighted by Crippen LogP contribution is 2.32. The highest BCUT2D eigenvalue weighted by atomic mass is 16.5. The molecule has 0 saturated carbocycles. The number of anilines is 3. The summed E-state index contributed by atoms with van der Waals surface area (Å²) in [5, 5.41) is 21.7. The Bertz CT molecular complexity index is 547. The molecule has 0 aromatic carbocycles. The third-order valence-electron chi connectivity index (χ3n) is 3.35. The molecule has 3 heterocycles. The molecule has 9 heteroatoms. The maximum absolute atomic E-state index is 11.7. The first-order chi connectivity index (χ1) is 9.10. The Morgan fingerprint density at radius 2 is 2.37 bits per heavy atom. The molecule has 2 aliphatic rings. The molecule has 9 nitrogen and oxygen atoms in total. The number of nitrogens with two attached hydrogens (primary N) is 1. The molecule has 0 bridgehead atoms. The summed E-state index contributed by atoms with van der Waals surface area (Å²) in [6.07, 6.45) is -1.47. The number of hydrogen-bond acceptors (Lipinski definition) is 8. The number of fused-ring (bicyclic) bond motifs is 1. The second kappa shape index (κ2) is 4.37. The molecule has 0 radical (unpaired) electrons. The van der Waals surface area contributed by atoms with Crippen LogP contribution in [0.2, 0.25) is 0 Å². The average molecular weight is 269 g/mol. The molecular weight excluding hydrogens is 254 g/mol. The molecule has 6 N–H and O–H groups in total. The van der Waals surface area contributed by atoms with Crippen LogP contribution >= 0.6 is 0 Å². The van der Waals surface area contributed by atoms with E-state index >= 15 is 0 Å². The number of nitrogens with zero attached hydrogens (tertiary/aromatic N) is 2. The lowest BCUT2D eigenvalue weighted by molar-refractivity contribution is -0.0218. The fraction of sp³-hybridized carbons (Fsp3) is 0.600. The van der Waals surface area contributed by atoms with Gasteiger partial charge in [0.05, 0.1) is 19.4 Å². The van der Waals surface area contributed by atoms with Gasteiger partial charge in [-0.1, -0.05) is 0 Å². The van der Waals surface area contributed by atoms with Crippen molar-refractivity contribution in [2.45, 2.75) is 24.9 Å². The van der Waals surface area contributed by atoms with Crippen molar-refractivity contribution in [3.05, 3.63) is 10.4 Å². The van der Waals surface area contributed by atoms with E-state index in [1.807, 2.05) is 0 Å². The van der Waals surface area contributed by atoms with Crippen LogP contribution in [0.3, 0.4) is 0 Å². The molecule has 3 atom stereocenters. The predicted molar refractivity (Wildman–Crippen MR) is 66.6 cm³/mol. The van der Waals surface area contributed by atoms with Gasteiger partial charge in [0.1, 0.15) is 18.0 Å². The molecule has 0 amide bonds. The minimum atomic E-state index is -0.738. The Balaban J connectivity index is 1.89. The third kappa shape index (κ3) is 1.91. The van der Waals surface area contributed by atoms with Crippen LogP contribution in [0.5, 0.6) is 0 Å². The van der Waals surface area contributed by atoms with Gasteiger partial charge in [-0.25, -0.2) is 0 Å². The summed E-state index contributed by atoms with van der Waals surface area (Å²) in [6, 6.07) is 0. The van der Waals surface area contributed by atoms with Crippen molar-refractivity contribution >= 4 is 17.5 Å². The molecule has 19 heavy (non-hydrogen) atoms. The normalized spacial score (nSPS) is 29.4. The zero-order chi connectivity index (χ0) is 13.6. The second-order valence-corrected chi connectivity index (χ2v) is 4.57. The van der Waals surface area contributed by atoms with Gasteiger partial charge in [-0.2, -0.15) is 4.98 Å². The first-order valence-electron chi connectivity index (χ1n) is 5.95. The molecule has 0 spiro atoms. The van der Waals surface area contributed by atoms with Gasteiger partial charge >= 0.3 is 0 Å². The Labute approximate surface area is 108 Å². The summed E-state index contributed by atoms with van der Waals surface area (Å²) in [5.74, 6) is 0.423. The fourth-order valence-corrected chi connectivity index (χ4v) is 2.39. The average Bonchev–Trinajstić information content (AvgIpc) is 2.92. The summed E-state index contributed by atoms with van der Waals surface area (Å²) < 4.78 is 5.54. The minimum Gasteiger partial charge on any atom is -0.394 e. The number of aliphatic hydroxyl groups excluding tert-OH is 2. The van der Waals surface area contributed by atoms with Crippen molar-refractivity contribution in [2.24, 2.45) is 0 Å². The van der Waals surface area contributed by atoms with Gasteiger partial charge < -0.3 is 30.9 Å². The smallest absolute Gasteiger partial charge is 0.277 e. The number of aliphatic hydroxyl groups is 2. The predicted octanol–water partition coefficient (Wildman–Crippen LogP) is -1.99. The number of nitrogen functional groups attached to an aromatic ring is 1. The van der Waals surface area contributed by atoms with Crippen LogP contribution in [-0.2, 0) is 4.74 Å². The fourth-order valence-electron chi connectivity index (χ4n) is 2.39. The first-order valence-corrected chi connectivity index (χ1v) is 5.95. The molecule has 1 fully saturated rings. The number of aromatic amines is 1. The van der Waals surface area contributed by atoms with Crippen LogP contribution in [0.15, 0.2) is 4.79 Å². The quantitative estimate of drug-likeness (QED) is 0.416. The third-order valence-corrected chi connectivity index (χ3v) is 3.35. The van der Waals surface area contributed by atoms with E-state index in [9.17, 15) is 9.90 Å². The van der Waals surface area contributed by atoms with Crippen LogP contribution < -0.4 is 21.5 Å². The van der Waals surface area contributed by atoms with E-state index in [0.717, 1.165) is 0 Å². The molecule has 104 valence electrons. The van der Waals surface area contributed by atoms with Gasteiger partial charge in [0.15, 0.2) is 5.82 Å². The molecular formula is C10H15N5O4. The second-order valence-electron chi connectivity index (χ2n) is 4.57. The number of hydrogen-bond donors (Lipinski definition) is 5. The van der Waals surface area contributed by atoms with Gasteiger partial charge in [0.2, 0.25) is 5.95 Å². The minimum absolute atomic E-state index is 0.0229. The van der Waals surface area contributed by atoms with E-state index < -0.39 is 18.4 Å². The Kier molecular flexibility index (Phi) is 2.81. The Hall–Kier alpha value is -1.84. The zero-order valence-electron chi connectivity index (χ0n) is 10.0. The van der Waals surface area contributed by atoms with E-state index in [2.05, 4.69) is 15.3 Å². The van der Waals surface area contributed by atoms with E-state index in [0.29, 0.717) is 24.6 Å². The van der Waals surface area contributed by atoms with Gasteiger partial charge in [-0.15, -0.1) is 0 Å². The number of H-pyrrole nitrogens is 1. The van der Waals surface area contributed by atoms with E-state index in [1.54, 1.807) is 4.90 Å². The number of nitrogens with one attached hydrogen (secondary N) is 2. The lowest BCUT2D eigenvalue weighted by Crippen LogP contribution is -2.36. The lowest BCUT2D eigenvalue weighted by atomic mass is 10.2. The van der Waals surface area contributed by atoms with Crippen molar-refractivity contribution in [2.75, 3.05) is 29.2 Å². The van der Waals surface area contributed by atoms with Crippen molar-refractivity contribution in [1.29, 1.82) is 0 Å². The number of rotatable bonds is 2. The summed E-state index contributed by atoms with van der Waals surface area (Å²) >= 11 is 0. The topological polar surface area (TPSA) is 137 Å². The van der Waals surface area contributed by atoms with Crippen LogP contribution in [0.4, 0.5) is 17.5 Å². The van der Waals surface area contributed by atoms with Crippen LogP contribution in [0, 0.1) is 0 Å². The molecule has 1 saturated heterocycles. The Morgan fingerprint density at radius 1 is 1.58 bits per heavy atom. The molecule has 2 aliphatic heterocycles. The Morgan fingerprint density at radius 3 is 3.05 bits per heavy atom. The molecule has 1 aromatic heterocycles. The largest absolute Gasteiger partial charge is 0.394 e. The van der Waals surface area contributed by atoms with Crippen molar-refractivity contribution in [3.8, 4) is 0 Å². The molecule has 1 unspecified atom stereocenters. The molecule has 1 aromatic rings.